The lowest BCUT2D eigenvalue weighted by Crippen LogP contribution is -2.48. The number of hydrogen-bond acceptors (Lipinski definition) is 3. The molecule has 0 fully saturated rings. The van der Waals surface area contributed by atoms with E-state index in [1.807, 2.05) is 27.7 Å². The first-order valence-corrected chi connectivity index (χ1v) is 6.09. The predicted molar refractivity (Wildman–Crippen MR) is 68.3 cm³/mol. The summed E-state index contributed by atoms with van der Waals surface area (Å²) in [7, 11) is 0. The zero-order valence-corrected chi connectivity index (χ0v) is 11.4. The molecule has 0 aliphatic carbocycles. The lowest BCUT2D eigenvalue weighted by molar-refractivity contribution is -0.129. The van der Waals surface area contributed by atoms with E-state index >= 15 is 0 Å². The Morgan fingerprint density at radius 2 is 1.59 bits per heavy atom. The molecule has 0 heterocycles. The van der Waals surface area contributed by atoms with E-state index in [0.717, 1.165) is 0 Å². The molecule has 0 aliphatic rings. The fourth-order valence-electron chi connectivity index (χ4n) is 1.23. The summed E-state index contributed by atoms with van der Waals surface area (Å²) in [5, 5.41) is 5.38. The fourth-order valence-corrected chi connectivity index (χ4v) is 1.23. The van der Waals surface area contributed by atoms with Crippen LogP contribution >= 0.6 is 0 Å². The normalized spacial score (nSPS) is 14.6. The molecule has 5 nitrogen and oxygen atoms in total. The number of amides is 2. The molecule has 0 aromatic heterocycles. The van der Waals surface area contributed by atoms with E-state index in [1.165, 1.54) is 0 Å². The standard InChI is InChI=1S/C12H25N3O2/c1-7(2)10(13)6-11(16)15-9(5)12(17)14-8(3)4/h7-10H,6,13H2,1-5H3,(H,14,17)(H,15,16). The summed E-state index contributed by atoms with van der Waals surface area (Å²) >= 11 is 0. The molecule has 0 aromatic rings. The van der Waals surface area contributed by atoms with Gasteiger partial charge in [0.25, 0.3) is 0 Å². The zero-order chi connectivity index (χ0) is 13.6. The van der Waals surface area contributed by atoms with Crippen LogP contribution in [0.25, 0.3) is 0 Å². The van der Waals surface area contributed by atoms with Gasteiger partial charge in [-0.3, -0.25) is 9.59 Å². The molecule has 2 unspecified atom stereocenters. The second-order valence-corrected chi connectivity index (χ2v) is 5.06. The van der Waals surface area contributed by atoms with Crippen molar-refractivity contribution in [3.63, 3.8) is 0 Å². The van der Waals surface area contributed by atoms with Crippen LogP contribution in [0, 0.1) is 5.92 Å². The van der Waals surface area contributed by atoms with Crippen LogP contribution in [0.2, 0.25) is 0 Å². The van der Waals surface area contributed by atoms with Gasteiger partial charge in [-0.1, -0.05) is 13.8 Å². The third-order valence-corrected chi connectivity index (χ3v) is 2.48. The zero-order valence-electron chi connectivity index (χ0n) is 11.4. The maximum absolute atomic E-state index is 11.6. The molecular formula is C12H25N3O2. The van der Waals surface area contributed by atoms with Gasteiger partial charge in [0, 0.05) is 18.5 Å². The van der Waals surface area contributed by atoms with Crippen molar-refractivity contribution in [1.82, 2.24) is 10.6 Å². The molecular weight excluding hydrogens is 218 g/mol. The highest BCUT2D eigenvalue weighted by Gasteiger charge is 2.18. The van der Waals surface area contributed by atoms with E-state index in [1.54, 1.807) is 6.92 Å². The highest BCUT2D eigenvalue weighted by Crippen LogP contribution is 2.02. The number of carbonyl (C=O) groups excluding carboxylic acids is 2. The van der Waals surface area contributed by atoms with Crippen LogP contribution < -0.4 is 16.4 Å². The van der Waals surface area contributed by atoms with Crippen LogP contribution in [0.5, 0.6) is 0 Å². The molecule has 2 atom stereocenters. The summed E-state index contributed by atoms with van der Waals surface area (Å²) in [6, 6.07) is -0.626. The molecule has 4 N–H and O–H groups in total. The molecule has 0 aromatic carbocycles. The van der Waals surface area contributed by atoms with Crippen LogP contribution in [0.1, 0.15) is 41.0 Å². The van der Waals surface area contributed by atoms with Gasteiger partial charge in [-0.2, -0.15) is 0 Å². The molecule has 5 heteroatoms. The summed E-state index contributed by atoms with van der Waals surface area (Å²) in [4.78, 5) is 23.1. The second kappa shape index (κ2) is 7.27. The summed E-state index contributed by atoms with van der Waals surface area (Å²) in [5.41, 5.74) is 5.79. The molecule has 17 heavy (non-hydrogen) atoms. The first-order chi connectivity index (χ1) is 7.73. The molecule has 0 saturated heterocycles. The Labute approximate surface area is 104 Å². The maximum atomic E-state index is 11.6. The maximum Gasteiger partial charge on any atom is 0.242 e. The third-order valence-electron chi connectivity index (χ3n) is 2.48. The first kappa shape index (κ1) is 15.9. The van der Waals surface area contributed by atoms with Crippen molar-refractivity contribution >= 4 is 11.8 Å². The molecule has 100 valence electrons. The number of rotatable bonds is 6. The Kier molecular flexibility index (Phi) is 6.80. The number of carbonyl (C=O) groups is 2. The van der Waals surface area contributed by atoms with Crippen LogP contribution in [-0.4, -0.2) is 29.9 Å². The van der Waals surface area contributed by atoms with Crippen molar-refractivity contribution in [2.45, 2.75) is 59.2 Å². The van der Waals surface area contributed by atoms with E-state index in [9.17, 15) is 9.59 Å². The summed E-state index contributed by atoms with van der Waals surface area (Å²) < 4.78 is 0. The Morgan fingerprint density at radius 1 is 1.06 bits per heavy atom. The number of nitrogens with one attached hydrogen (secondary N) is 2. The van der Waals surface area contributed by atoms with Crippen molar-refractivity contribution < 1.29 is 9.59 Å². The van der Waals surface area contributed by atoms with Gasteiger partial charge < -0.3 is 16.4 Å². The van der Waals surface area contributed by atoms with Crippen molar-refractivity contribution in [2.24, 2.45) is 11.7 Å². The average Bonchev–Trinajstić information content (AvgIpc) is 2.15. The minimum absolute atomic E-state index is 0.0692. The smallest absolute Gasteiger partial charge is 0.242 e. The summed E-state index contributed by atoms with van der Waals surface area (Å²) in [6.45, 7) is 9.35. The van der Waals surface area contributed by atoms with Gasteiger partial charge in [-0.15, -0.1) is 0 Å². The van der Waals surface area contributed by atoms with Gasteiger partial charge in [-0.25, -0.2) is 0 Å². The molecule has 0 rings (SSSR count). The van der Waals surface area contributed by atoms with E-state index in [2.05, 4.69) is 10.6 Å². The largest absolute Gasteiger partial charge is 0.352 e. The molecule has 2 amide bonds. The number of nitrogens with two attached hydrogens (primary N) is 1. The van der Waals surface area contributed by atoms with Crippen LogP contribution in [0.15, 0.2) is 0 Å². The third kappa shape index (κ3) is 6.94. The van der Waals surface area contributed by atoms with Gasteiger partial charge in [-0.05, 0) is 26.7 Å². The lowest BCUT2D eigenvalue weighted by atomic mass is 10.0. The Balaban J connectivity index is 4.07. The Bertz CT molecular complexity index is 264. The second-order valence-electron chi connectivity index (χ2n) is 5.06. The SMILES string of the molecule is CC(C)NC(=O)C(C)NC(=O)CC(N)C(C)C. The molecule has 0 spiro atoms. The van der Waals surface area contributed by atoms with Crippen molar-refractivity contribution in [3.05, 3.63) is 0 Å². The van der Waals surface area contributed by atoms with E-state index in [0.29, 0.717) is 0 Å². The summed E-state index contributed by atoms with van der Waals surface area (Å²) in [5.74, 6) is -0.107. The van der Waals surface area contributed by atoms with E-state index < -0.39 is 6.04 Å². The Morgan fingerprint density at radius 3 is 2.00 bits per heavy atom. The van der Waals surface area contributed by atoms with Gasteiger partial charge >= 0.3 is 0 Å². The van der Waals surface area contributed by atoms with Gasteiger partial charge in [0.05, 0.1) is 0 Å². The van der Waals surface area contributed by atoms with Crippen LogP contribution in [0.3, 0.4) is 0 Å². The van der Waals surface area contributed by atoms with Crippen LogP contribution in [-0.2, 0) is 9.59 Å². The minimum atomic E-state index is -0.524. The quantitative estimate of drug-likeness (QED) is 0.631. The topological polar surface area (TPSA) is 84.2 Å². The average molecular weight is 243 g/mol. The van der Waals surface area contributed by atoms with Crippen molar-refractivity contribution in [1.29, 1.82) is 0 Å². The number of hydrogen-bond donors (Lipinski definition) is 3. The van der Waals surface area contributed by atoms with Crippen molar-refractivity contribution in [2.75, 3.05) is 0 Å². The van der Waals surface area contributed by atoms with Gasteiger partial charge in [0.15, 0.2) is 0 Å². The van der Waals surface area contributed by atoms with Gasteiger partial charge in [0.2, 0.25) is 11.8 Å². The highest BCUT2D eigenvalue weighted by molar-refractivity contribution is 5.87. The van der Waals surface area contributed by atoms with Crippen molar-refractivity contribution in [3.8, 4) is 0 Å². The monoisotopic (exact) mass is 243 g/mol. The van der Waals surface area contributed by atoms with E-state index in [-0.39, 0.29) is 36.2 Å². The first-order valence-electron chi connectivity index (χ1n) is 6.09. The fraction of sp³-hybridized carbons (Fsp3) is 0.833. The Hall–Kier alpha value is -1.10. The molecule has 0 saturated carbocycles. The summed E-state index contributed by atoms with van der Waals surface area (Å²) in [6.07, 6.45) is 0.247. The van der Waals surface area contributed by atoms with E-state index in [4.69, 9.17) is 5.73 Å². The molecule has 0 aliphatic heterocycles. The van der Waals surface area contributed by atoms with Crippen LogP contribution in [0.4, 0.5) is 0 Å². The predicted octanol–water partition coefficient (Wildman–Crippen LogP) is 0.389. The van der Waals surface area contributed by atoms with Gasteiger partial charge in [0.1, 0.15) is 6.04 Å². The lowest BCUT2D eigenvalue weighted by Gasteiger charge is -2.19. The molecule has 0 radical (unpaired) electrons. The highest BCUT2D eigenvalue weighted by atomic mass is 16.2. The minimum Gasteiger partial charge on any atom is -0.352 e. The molecule has 0 bridgehead atoms.